The Hall–Kier alpha value is -0.710. The third kappa shape index (κ3) is 10.4. The van der Waals surface area contributed by atoms with Crippen LogP contribution in [0, 0.1) is 0 Å². The lowest BCUT2D eigenvalue weighted by molar-refractivity contribution is 0.0394. The maximum atomic E-state index is 5.38. The fourth-order valence-electron chi connectivity index (χ4n) is 2.47. The molecule has 2 N–H and O–H groups in total. The van der Waals surface area contributed by atoms with Gasteiger partial charge in [0.05, 0.1) is 26.0 Å². The van der Waals surface area contributed by atoms with Crippen molar-refractivity contribution in [1.82, 2.24) is 15.5 Å². The number of thioether (sulfide) groups is 1. The summed E-state index contributed by atoms with van der Waals surface area (Å²) in [5, 5.41) is 6.80. The van der Waals surface area contributed by atoms with Crippen molar-refractivity contribution in [1.29, 1.82) is 0 Å². The molecule has 1 aromatic heterocycles. The largest absolute Gasteiger partial charge is 0.469 e. The van der Waals surface area contributed by atoms with E-state index in [0.717, 1.165) is 82.1 Å². The average molecular weight is 494 g/mol. The van der Waals surface area contributed by atoms with E-state index < -0.39 is 0 Å². The van der Waals surface area contributed by atoms with Gasteiger partial charge >= 0.3 is 0 Å². The van der Waals surface area contributed by atoms with Crippen molar-refractivity contribution >= 4 is 41.7 Å². The number of aliphatic imine (C=N–C) groups is 1. The van der Waals surface area contributed by atoms with Gasteiger partial charge in [0.25, 0.3) is 0 Å². The monoisotopic (exact) mass is 494 g/mol. The number of ether oxygens (including phenoxy) is 1. The minimum Gasteiger partial charge on any atom is -0.469 e. The van der Waals surface area contributed by atoms with Crippen LogP contribution in [0.25, 0.3) is 0 Å². The Morgan fingerprint density at radius 2 is 2.12 bits per heavy atom. The van der Waals surface area contributed by atoms with Crippen LogP contribution in [-0.2, 0) is 11.2 Å². The van der Waals surface area contributed by atoms with Crippen molar-refractivity contribution in [2.45, 2.75) is 6.42 Å². The Kier molecular flexibility index (Phi) is 13.8. The van der Waals surface area contributed by atoms with Crippen LogP contribution in [0.15, 0.2) is 40.5 Å². The molecule has 0 unspecified atom stereocenters. The van der Waals surface area contributed by atoms with E-state index in [4.69, 9.17) is 14.1 Å². The molecule has 2 rings (SSSR count). The first-order valence-corrected chi connectivity index (χ1v) is 10.1. The molecule has 0 saturated carbocycles. The zero-order valence-electron chi connectivity index (χ0n) is 15.3. The summed E-state index contributed by atoms with van der Waals surface area (Å²) in [6.45, 7) is 10.9. The van der Waals surface area contributed by atoms with Crippen LogP contribution < -0.4 is 10.6 Å². The second-order valence-electron chi connectivity index (χ2n) is 5.73. The Morgan fingerprint density at radius 3 is 2.85 bits per heavy atom. The number of nitrogens with one attached hydrogen (secondary N) is 2. The molecule has 0 amide bonds. The van der Waals surface area contributed by atoms with E-state index >= 15 is 0 Å². The smallest absolute Gasteiger partial charge is 0.191 e. The number of hydrogen-bond acceptors (Lipinski definition) is 5. The van der Waals surface area contributed by atoms with Gasteiger partial charge in [0.1, 0.15) is 5.76 Å². The van der Waals surface area contributed by atoms with Crippen molar-refractivity contribution < 1.29 is 9.15 Å². The molecule has 0 radical (unpaired) electrons. The summed E-state index contributed by atoms with van der Waals surface area (Å²) in [6.07, 6.45) is 4.49. The Bertz CT molecular complexity index is 493. The van der Waals surface area contributed by atoms with Crippen LogP contribution in [0.4, 0.5) is 0 Å². The molecule has 0 bridgehead atoms. The van der Waals surface area contributed by atoms with Crippen LogP contribution in [-0.4, -0.2) is 74.8 Å². The molecule has 0 spiro atoms. The van der Waals surface area contributed by atoms with Crippen molar-refractivity contribution in [2.75, 3.05) is 64.0 Å². The third-order valence-electron chi connectivity index (χ3n) is 3.81. The van der Waals surface area contributed by atoms with E-state index in [-0.39, 0.29) is 24.0 Å². The second kappa shape index (κ2) is 15.4. The number of halogens is 1. The zero-order valence-corrected chi connectivity index (χ0v) is 18.5. The Morgan fingerprint density at radius 1 is 1.31 bits per heavy atom. The van der Waals surface area contributed by atoms with Gasteiger partial charge in [-0.15, -0.1) is 30.6 Å². The van der Waals surface area contributed by atoms with Crippen molar-refractivity contribution in [3.05, 3.63) is 36.8 Å². The van der Waals surface area contributed by atoms with Crippen LogP contribution >= 0.6 is 35.7 Å². The van der Waals surface area contributed by atoms with E-state index in [2.05, 4.69) is 22.1 Å². The third-order valence-corrected chi connectivity index (χ3v) is 4.77. The van der Waals surface area contributed by atoms with E-state index in [1.54, 1.807) is 6.26 Å². The molecular formula is C18H31IN4O2S. The standard InChI is InChI=1S/C18H30N4O2S.HI/c1-2-15-25-16-8-21-18(19-6-5-17-4-3-12-24-17)20-7-9-22-10-13-23-14-11-22;/h2-4,12H,1,5-11,13-16H2,(H2,19,20,21);1H. The highest BCUT2D eigenvalue weighted by Gasteiger charge is 2.09. The molecule has 0 aliphatic carbocycles. The topological polar surface area (TPSA) is 62.0 Å². The highest BCUT2D eigenvalue weighted by atomic mass is 127. The summed E-state index contributed by atoms with van der Waals surface area (Å²) in [5.74, 6) is 3.88. The normalized spacial score (nSPS) is 15.3. The number of nitrogens with zero attached hydrogens (tertiary/aromatic N) is 2. The zero-order chi connectivity index (χ0) is 17.6. The van der Waals surface area contributed by atoms with Crippen LogP contribution in [0.3, 0.4) is 0 Å². The number of morpholine rings is 1. The predicted octanol–water partition coefficient (Wildman–Crippen LogP) is 2.23. The molecular weight excluding hydrogens is 463 g/mol. The van der Waals surface area contributed by atoms with Crippen LogP contribution in [0.5, 0.6) is 0 Å². The Balaban J connectivity index is 0.00000338. The number of furan rings is 1. The lowest BCUT2D eigenvalue weighted by Crippen LogP contribution is -2.41. The Labute approximate surface area is 178 Å². The predicted molar refractivity (Wildman–Crippen MR) is 121 cm³/mol. The second-order valence-corrected chi connectivity index (χ2v) is 6.88. The lowest BCUT2D eigenvalue weighted by atomic mass is 10.3. The number of rotatable bonds is 11. The van der Waals surface area contributed by atoms with Gasteiger partial charge in [-0.2, -0.15) is 11.8 Å². The van der Waals surface area contributed by atoms with E-state index in [9.17, 15) is 0 Å². The minimum atomic E-state index is 0. The highest BCUT2D eigenvalue weighted by Crippen LogP contribution is 2.00. The first-order chi connectivity index (χ1) is 12.4. The summed E-state index contributed by atoms with van der Waals surface area (Å²) in [5.41, 5.74) is 0. The maximum absolute atomic E-state index is 5.38. The molecule has 26 heavy (non-hydrogen) atoms. The highest BCUT2D eigenvalue weighted by molar-refractivity contribution is 14.0. The SMILES string of the molecule is C=CCSCCNC(=NCCN1CCOCC1)NCCc1ccco1.I. The quantitative estimate of drug-likeness (QED) is 0.162. The van der Waals surface area contributed by atoms with Gasteiger partial charge in [-0.25, -0.2) is 0 Å². The summed E-state index contributed by atoms with van der Waals surface area (Å²) in [7, 11) is 0. The van der Waals surface area contributed by atoms with Crippen molar-refractivity contribution in [3.63, 3.8) is 0 Å². The lowest BCUT2D eigenvalue weighted by Gasteiger charge is -2.25. The van der Waals surface area contributed by atoms with Crippen molar-refractivity contribution in [2.24, 2.45) is 4.99 Å². The first kappa shape index (κ1) is 23.3. The van der Waals surface area contributed by atoms with Gasteiger partial charge in [-0.1, -0.05) is 6.08 Å². The minimum absolute atomic E-state index is 0. The van der Waals surface area contributed by atoms with E-state index in [1.807, 2.05) is 30.0 Å². The van der Waals surface area contributed by atoms with E-state index in [1.165, 1.54) is 0 Å². The first-order valence-electron chi connectivity index (χ1n) is 8.92. The molecule has 1 fully saturated rings. The fraction of sp³-hybridized carbons (Fsp3) is 0.611. The molecule has 1 aromatic rings. The van der Waals surface area contributed by atoms with E-state index in [0.29, 0.717) is 0 Å². The van der Waals surface area contributed by atoms with Gasteiger partial charge in [-0.3, -0.25) is 9.89 Å². The van der Waals surface area contributed by atoms with Gasteiger partial charge in [0.15, 0.2) is 5.96 Å². The molecule has 6 nitrogen and oxygen atoms in total. The van der Waals surface area contributed by atoms with Gasteiger partial charge in [0.2, 0.25) is 0 Å². The number of guanidine groups is 1. The molecule has 2 heterocycles. The molecule has 0 atom stereocenters. The van der Waals surface area contributed by atoms with Crippen molar-refractivity contribution in [3.8, 4) is 0 Å². The molecule has 1 aliphatic rings. The summed E-state index contributed by atoms with van der Waals surface area (Å²) in [6, 6.07) is 3.91. The summed E-state index contributed by atoms with van der Waals surface area (Å²) < 4.78 is 10.8. The summed E-state index contributed by atoms with van der Waals surface area (Å²) >= 11 is 1.86. The van der Waals surface area contributed by atoms with Gasteiger partial charge in [0, 0.05) is 50.7 Å². The van der Waals surface area contributed by atoms with Gasteiger partial charge in [-0.05, 0) is 12.1 Å². The maximum Gasteiger partial charge on any atom is 0.191 e. The van der Waals surface area contributed by atoms with Crippen LogP contribution in [0.2, 0.25) is 0 Å². The van der Waals surface area contributed by atoms with Gasteiger partial charge < -0.3 is 19.8 Å². The molecule has 8 heteroatoms. The molecule has 148 valence electrons. The molecule has 1 aliphatic heterocycles. The molecule has 1 saturated heterocycles. The average Bonchev–Trinajstić information content (AvgIpc) is 3.15. The van der Waals surface area contributed by atoms with Crippen LogP contribution in [0.1, 0.15) is 5.76 Å². The summed E-state index contributed by atoms with van der Waals surface area (Å²) in [4.78, 5) is 7.10. The fourth-order valence-corrected chi connectivity index (χ4v) is 3.05. The molecule has 0 aromatic carbocycles. The number of hydrogen-bond donors (Lipinski definition) is 2.